The number of esters is 1. The smallest absolute Gasteiger partial charge is 0.302 e. The van der Waals surface area contributed by atoms with E-state index in [0.29, 0.717) is 24.3 Å². The topological polar surface area (TPSA) is 63.6 Å². The van der Waals surface area contributed by atoms with Crippen LogP contribution in [0.2, 0.25) is 0 Å². The van der Waals surface area contributed by atoms with Crippen LogP contribution < -0.4 is 0 Å². The maximum Gasteiger partial charge on any atom is 0.302 e. The summed E-state index contributed by atoms with van der Waals surface area (Å²) >= 11 is 0. The molecular weight excluding hydrogens is 328 g/mol. The molecule has 4 aliphatic carbocycles. The molecule has 0 aromatic rings. The first kappa shape index (κ1) is 18.2. The molecule has 0 saturated heterocycles. The highest BCUT2D eigenvalue weighted by molar-refractivity contribution is 6.03. The van der Waals surface area contributed by atoms with Gasteiger partial charge in [0.15, 0.2) is 5.78 Å². The van der Waals surface area contributed by atoms with Crippen molar-refractivity contribution < 1.29 is 19.4 Å². The molecule has 4 rings (SSSR count). The van der Waals surface area contributed by atoms with Crippen molar-refractivity contribution in [2.24, 2.45) is 34.0 Å². The van der Waals surface area contributed by atoms with Gasteiger partial charge in [0.05, 0.1) is 11.5 Å². The molecule has 4 fully saturated rings. The van der Waals surface area contributed by atoms with E-state index < -0.39 is 17.6 Å². The summed E-state index contributed by atoms with van der Waals surface area (Å²) in [6.45, 7) is 12.4. The molecule has 26 heavy (non-hydrogen) atoms. The molecule has 0 aromatic carbocycles. The van der Waals surface area contributed by atoms with E-state index in [4.69, 9.17) is 4.74 Å². The van der Waals surface area contributed by atoms with Crippen molar-refractivity contribution in [3.63, 3.8) is 0 Å². The number of carbonyl (C=O) groups excluding carboxylic acids is 2. The molecule has 4 saturated carbocycles. The second kappa shape index (κ2) is 5.43. The largest absolute Gasteiger partial charge is 0.461 e. The van der Waals surface area contributed by atoms with Crippen molar-refractivity contribution in [2.75, 3.05) is 0 Å². The molecule has 0 aromatic heterocycles. The van der Waals surface area contributed by atoms with Crippen LogP contribution >= 0.6 is 0 Å². The van der Waals surface area contributed by atoms with Crippen LogP contribution in [0.1, 0.15) is 66.2 Å². The van der Waals surface area contributed by atoms with Crippen molar-refractivity contribution in [3.8, 4) is 0 Å². The zero-order valence-corrected chi connectivity index (χ0v) is 16.5. The normalized spacial score (nSPS) is 49.3. The van der Waals surface area contributed by atoms with Gasteiger partial charge in [-0.25, -0.2) is 0 Å². The molecule has 0 radical (unpaired) electrons. The maximum absolute atomic E-state index is 13.5. The number of allylic oxidation sites excluding steroid dienone is 1. The Balaban J connectivity index is 1.89. The summed E-state index contributed by atoms with van der Waals surface area (Å²) in [4.78, 5) is 25.4. The molecule has 4 aliphatic rings. The second-order valence-corrected chi connectivity index (χ2v) is 10.3. The Hall–Kier alpha value is -1.16. The monoisotopic (exact) mass is 360 g/mol. The van der Waals surface area contributed by atoms with E-state index in [2.05, 4.69) is 27.4 Å². The molecule has 144 valence electrons. The number of carbonyl (C=O) groups is 2. The van der Waals surface area contributed by atoms with Crippen molar-refractivity contribution in [2.45, 2.75) is 78.4 Å². The third kappa shape index (κ3) is 2.11. The van der Waals surface area contributed by atoms with Gasteiger partial charge < -0.3 is 9.84 Å². The van der Waals surface area contributed by atoms with E-state index in [0.717, 1.165) is 25.7 Å². The molecule has 2 bridgehead atoms. The van der Waals surface area contributed by atoms with Crippen LogP contribution in [0.4, 0.5) is 0 Å². The molecule has 0 amide bonds. The SMILES string of the molecule is C=C1C(=O)[C@]23C[C@H]1C[C@H](O)[C@H]2[C@]1(C)CCCC(C)(C)[C@H]1C[C@H]3OC(C)=O. The van der Waals surface area contributed by atoms with E-state index >= 15 is 0 Å². The number of Topliss-reactive ketones (excluding diaryl/α,β-unsaturated/α-hetero) is 1. The zero-order valence-electron chi connectivity index (χ0n) is 16.5. The zero-order chi connectivity index (χ0) is 19.1. The van der Waals surface area contributed by atoms with Gasteiger partial charge in [0, 0.05) is 12.8 Å². The van der Waals surface area contributed by atoms with E-state index in [1.165, 1.54) is 6.92 Å². The van der Waals surface area contributed by atoms with Crippen LogP contribution in [0.25, 0.3) is 0 Å². The Morgan fingerprint density at radius 3 is 2.58 bits per heavy atom. The van der Waals surface area contributed by atoms with Gasteiger partial charge in [-0.05, 0) is 60.3 Å². The number of rotatable bonds is 1. The molecule has 0 heterocycles. The lowest BCUT2D eigenvalue weighted by molar-refractivity contribution is -0.230. The predicted molar refractivity (Wildman–Crippen MR) is 98.2 cm³/mol. The first-order valence-electron chi connectivity index (χ1n) is 10.1. The van der Waals surface area contributed by atoms with Crippen molar-refractivity contribution in [3.05, 3.63) is 12.2 Å². The summed E-state index contributed by atoms with van der Waals surface area (Å²) in [6.07, 6.45) is 4.34. The predicted octanol–water partition coefficient (Wildman–Crippen LogP) is 3.67. The lowest BCUT2D eigenvalue weighted by atomic mass is 9.40. The molecule has 1 N–H and O–H groups in total. The highest BCUT2D eigenvalue weighted by Gasteiger charge is 2.73. The van der Waals surface area contributed by atoms with Crippen LogP contribution in [0.15, 0.2) is 12.2 Å². The average molecular weight is 360 g/mol. The molecule has 4 nitrogen and oxygen atoms in total. The van der Waals surface area contributed by atoms with Crippen molar-refractivity contribution >= 4 is 11.8 Å². The minimum Gasteiger partial charge on any atom is -0.461 e. The summed E-state index contributed by atoms with van der Waals surface area (Å²) in [7, 11) is 0. The third-order valence-electron chi connectivity index (χ3n) is 8.58. The van der Waals surface area contributed by atoms with Crippen LogP contribution in [0.3, 0.4) is 0 Å². The summed E-state index contributed by atoms with van der Waals surface area (Å²) in [6, 6.07) is 0. The lowest BCUT2D eigenvalue weighted by Crippen LogP contribution is -2.66. The summed E-state index contributed by atoms with van der Waals surface area (Å²) in [5.41, 5.74) is -0.129. The fourth-order valence-electron chi connectivity index (χ4n) is 7.78. The third-order valence-corrected chi connectivity index (χ3v) is 8.58. The van der Waals surface area contributed by atoms with Gasteiger partial charge in [0.1, 0.15) is 6.10 Å². The quantitative estimate of drug-likeness (QED) is 0.572. The lowest BCUT2D eigenvalue weighted by Gasteiger charge is -2.65. The number of hydrogen-bond acceptors (Lipinski definition) is 4. The molecule has 0 unspecified atom stereocenters. The van der Waals surface area contributed by atoms with Gasteiger partial charge in [-0.2, -0.15) is 0 Å². The van der Waals surface area contributed by atoms with Crippen LogP contribution in [0, 0.1) is 34.0 Å². The Morgan fingerprint density at radius 1 is 1.23 bits per heavy atom. The molecule has 1 spiro atoms. The van der Waals surface area contributed by atoms with E-state index in [-0.39, 0.29) is 34.4 Å². The van der Waals surface area contributed by atoms with Crippen molar-refractivity contribution in [1.29, 1.82) is 0 Å². The second-order valence-electron chi connectivity index (χ2n) is 10.3. The fourth-order valence-corrected chi connectivity index (χ4v) is 7.78. The number of fused-ring (bicyclic) bond motifs is 3. The maximum atomic E-state index is 13.5. The van der Waals surface area contributed by atoms with Gasteiger partial charge in [0.2, 0.25) is 0 Å². The van der Waals surface area contributed by atoms with E-state index in [1.54, 1.807) is 0 Å². The summed E-state index contributed by atoms with van der Waals surface area (Å²) in [5.74, 6) is -0.0681. The highest BCUT2D eigenvalue weighted by Crippen LogP contribution is 2.71. The van der Waals surface area contributed by atoms with Gasteiger partial charge in [-0.3, -0.25) is 9.59 Å². The van der Waals surface area contributed by atoms with Crippen LogP contribution in [-0.2, 0) is 14.3 Å². The molecular formula is C22H32O4. The van der Waals surface area contributed by atoms with Crippen molar-refractivity contribution in [1.82, 2.24) is 0 Å². The minimum absolute atomic E-state index is 0.0311. The minimum atomic E-state index is -0.774. The highest BCUT2D eigenvalue weighted by atomic mass is 16.5. The molecule has 7 atom stereocenters. The van der Waals surface area contributed by atoms with Gasteiger partial charge >= 0.3 is 5.97 Å². The number of ether oxygens (including phenoxy) is 1. The van der Waals surface area contributed by atoms with E-state index in [9.17, 15) is 14.7 Å². The summed E-state index contributed by atoms with van der Waals surface area (Å²) < 4.78 is 5.82. The number of ketones is 1. The van der Waals surface area contributed by atoms with Gasteiger partial charge in [-0.1, -0.05) is 33.8 Å². The Morgan fingerprint density at radius 2 is 1.92 bits per heavy atom. The van der Waals surface area contributed by atoms with Gasteiger partial charge in [0.25, 0.3) is 0 Å². The Labute approximate surface area is 156 Å². The molecule has 4 heteroatoms. The van der Waals surface area contributed by atoms with Crippen LogP contribution in [0.5, 0.6) is 0 Å². The summed E-state index contributed by atoms with van der Waals surface area (Å²) in [5, 5.41) is 11.2. The first-order chi connectivity index (χ1) is 12.0. The number of aliphatic hydroxyl groups excluding tert-OH is 1. The first-order valence-corrected chi connectivity index (χ1v) is 10.1. The fraction of sp³-hybridized carbons (Fsp3) is 0.818. The average Bonchev–Trinajstić information content (AvgIpc) is 2.71. The standard InChI is InChI=1S/C22H32O4/c1-12-14-9-15(24)18-21(5)8-6-7-20(3,4)16(21)10-17(26-13(2)23)22(18,11-14)19(12)25/h14-18,24H,1,6-11H2,2-5H3/t14-,15+,16-,17-,18+,21-,22+/m1/s1. The number of hydrogen-bond donors (Lipinski definition) is 1. The Kier molecular flexibility index (Phi) is 3.81. The van der Waals surface area contributed by atoms with Crippen LogP contribution in [-0.4, -0.2) is 29.1 Å². The number of aliphatic hydroxyl groups is 1. The van der Waals surface area contributed by atoms with Gasteiger partial charge in [-0.15, -0.1) is 0 Å². The molecule has 0 aliphatic heterocycles. The Bertz CT molecular complexity index is 680. The van der Waals surface area contributed by atoms with E-state index in [1.807, 2.05) is 0 Å².